The molecule has 0 aliphatic rings. The first-order chi connectivity index (χ1) is 16.4. The molecule has 0 unspecified atom stereocenters. The molecule has 5 heteroatoms. The summed E-state index contributed by atoms with van der Waals surface area (Å²) in [6.07, 6.45) is 2.66. The van der Waals surface area contributed by atoms with E-state index in [1.807, 2.05) is 42.5 Å². The lowest BCUT2D eigenvalue weighted by molar-refractivity contribution is 0.295. The van der Waals surface area contributed by atoms with Gasteiger partial charge in [0.2, 0.25) is 0 Å². The molecule has 34 heavy (non-hydrogen) atoms. The van der Waals surface area contributed by atoms with Crippen LogP contribution >= 0.6 is 0 Å². The Kier molecular flexibility index (Phi) is 6.92. The number of aromatic nitrogens is 1. The summed E-state index contributed by atoms with van der Waals surface area (Å²) in [4.78, 5) is 4.48. The summed E-state index contributed by atoms with van der Waals surface area (Å²) in [7, 11) is 1.64. The zero-order valence-corrected chi connectivity index (χ0v) is 20.5. The highest BCUT2D eigenvalue weighted by molar-refractivity contribution is 5.88. The van der Waals surface area contributed by atoms with E-state index >= 15 is 0 Å². The quantitative estimate of drug-likeness (QED) is 0.292. The molecule has 0 bridgehead atoms. The first-order valence-corrected chi connectivity index (χ1v) is 11.6. The first kappa shape index (κ1) is 23.4. The Labute approximate surface area is 201 Å². The smallest absolute Gasteiger partial charge is 0.163 e. The second-order valence-corrected chi connectivity index (χ2v) is 9.26. The number of fused-ring (bicyclic) bond motifs is 1. The van der Waals surface area contributed by atoms with Crippen molar-refractivity contribution < 1.29 is 14.2 Å². The summed E-state index contributed by atoms with van der Waals surface area (Å²) in [6.45, 7) is 9.35. The molecule has 0 amide bonds. The van der Waals surface area contributed by atoms with Gasteiger partial charge in [0.25, 0.3) is 0 Å². The third-order valence-corrected chi connectivity index (χ3v) is 5.57. The largest absolute Gasteiger partial charge is 0.493 e. The number of anilines is 2. The molecule has 0 radical (unpaired) electrons. The van der Waals surface area contributed by atoms with Crippen LogP contribution in [0.3, 0.4) is 0 Å². The van der Waals surface area contributed by atoms with Crippen LogP contribution in [0.15, 0.2) is 72.9 Å². The minimum absolute atomic E-state index is 0.142. The van der Waals surface area contributed by atoms with Crippen molar-refractivity contribution in [1.29, 1.82) is 0 Å². The van der Waals surface area contributed by atoms with Gasteiger partial charge in [0.05, 0.1) is 19.2 Å². The molecule has 3 aromatic carbocycles. The molecule has 0 atom stereocenters. The van der Waals surface area contributed by atoms with Crippen molar-refractivity contribution in [3.05, 3.63) is 78.5 Å². The molecule has 0 saturated heterocycles. The highest BCUT2D eigenvalue weighted by Gasteiger charge is 2.13. The van der Waals surface area contributed by atoms with Gasteiger partial charge in [-0.1, -0.05) is 39.8 Å². The van der Waals surface area contributed by atoms with Crippen LogP contribution in [0, 0.1) is 0 Å². The number of nitrogens with one attached hydrogen (secondary N) is 1. The second kappa shape index (κ2) is 10.0. The lowest BCUT2D eigenvalue weighted by atomic mass is 9.87. The van der Waals surface area contributed by atoms with Crippen molar-refractivity contribution in [3.63, 3.8) is 0 Å². The Morgan fingerprint density at radius 1 is 0.824 bits per heavy atom. The molecule has 0 aliphatic heterocycles. The first-order valence-electron chi connectivity index (χ1n) is 11.6. The maximum Gasteiger partial charge on any atom is 0.163 e. The van der Waals surface area contributed by atoms with E-state index in [9.17, 15) is 0 Å². The fourth-order valence-electron chi connectivity index (χ4n) is 3.66. The van der Waals surface area contributed by atoms with E-state index in [-0.39, 0.29) is 5.41 Å². The zero-order chi connectivity index (χ0) is 24.1. The van der Waals surface area contributed by atoms with Gasteiger partial charge in [-0.3, -0.25) is 4.98 Å². The summed E-state index contributed by atoms with van der Waals surface area (Å²) < 4.78 is 17.6. The zero-order valence-electron chi connectivity index (χ0n) is 20.5. The lowest BCUT2D eigenvalue weighted by Gasteiger charge is -2.19. The number of methoxy groups -OCH3 is 1. The van der Waals surface area contributed by atoms with Gasteiger partial charge in [-0.15, -0.1) is 0 Å². The van der Waals surface area contributed by atoms with E-state index in [4.69, 9.17) is 14.2 Å². The molecule has 0 saturated carbocycles. The Bertz CT molecular complexity index is 1240. The van der Waals surface area contributed by atoms with Gasteiger partial charge in [0.1, 0.15) is 11.5 Å². The van der Waals surface area contributed by atoms with Crippen molar-refractivity contribution in [1.82, 2.24) is 4.98 Å². The molecular weight excluding hydrogens is 424 g/mol. The fourth-order valence-corrected chi connectivity index (χ4v) is 3.66. The van der Waals surface area contributed by atoms with Gasteiger partial charge in [0.15, 0.2) is 11.5 Å². The predicted octanol–water partition coefficient (Wildman–Crippen LogP) is 7.87. The average molecular weight is 457 g/mol. The molecule has 4 rings (SSSR count). The lowest BCUT2D eigenvalue weighted by Crippen LogP contribution is -2.10. The molecule has 176 valence electrons. The van der Waals surface area contributed by atoms with E-state index in [1.54, 1.807) is 13.3 Å². The third kappa shape index (κ3) is 5.42. The van der Waals surface area contributed by atoms with Crippen LogP contribution in [0.4, 0.5) is 11.4 Å². The number of hydrogen-bond acceptors (Lipinski definition) is 5. The predicted molar refractivity (Wildman–Crippen MR) is 139 cm³/mol. The highest BCUT2D eigenvalue weighted by Crippen LogP contribution is 2.37. The summed E-state index contributed by atoms with van der Waals surface area (Å²) in [5.74, 6) is 2.80. The highest BCUT2D eigenvalue weighted by atomic mass is 16.5. The molecule has 1 N–H and O–H groups in total. The summed E-state index contributed by atoms with van der Waals surface area (Å²) >= 11 is 0. The van der Waals surface area contributed by atoms with Crippen LogP contribution < -0.4 is 19.5 Å². The molecule has 0 aliphatic carbocycles. The van der Waals surface area contributed by atoms with Gasteiger partial charge < -0.3 is 19.5 Å². The third-order valence-electron chi connectivity index (χ3n) is 5.57. The maximum absolute atomic E-state index is 6.21. The van der Waals surface area contributed by atoms with E-state index in [2.05, 4.69) is 62.3 Å². The van der Waals surface area contributed by atoms with Crippen LogP contribution in [-0.2, 0) is 5.41 Å². The fraction of sp³-hybridized carbons (Fsp3) is 0.276. The summed E-state index contributed by atoms with van der Waals surface area (Å²) in [5.41, 5.74) is 4.29. The van der Waals surface area contributed by atoms with Crippen molar-refractivity contribution in [2.75, 3.05) is 19.0 Å². The molecule has 5 nitrogen and oxygen atoms in total. The Hall–Kier alpha value is -3.73. The van der Waals surface area contributed by atoms with Gasteiger partial charge in [-0.05, 0) is 65.9 Å². The average Bonchev–Trinajstić information content (AvgIpc) is 2.83. The molecule has 0 spiro atoms. The van der Waals surface area contributed by atoms with Gasteiger partial charge in [-0.2, -0.15) is 0 Å². The number of hydrogen-bond donors (Lipinski definition) is 1. The monoisotopic (exact) mass is 456 g/mol. The van der Waals surface area contributed by atoms with E-state index < -0.39 is 0 Å². The van der Waals surface area contributed by atoms with E-state index in [0.717, 1.165) is 34.4 Å². The second-order valence-electron chi connectivity index (χ2n) is 9.26. The van der Waals surface area contributed by atoms with Crippen molar-refractivity contribution in [2.45, 2.75) is 39.5 Å². The molecule has 4 aromatic rings. The van der Waals surface area contributed by atoms with Crippen LogP contribution in [0.1, 0.15) is 39.7 Å². The van der Waals surface area contributed by atoms with Crippen LogP contribution in [-0.4, -0.2) is 18.7 Å². The molecule has 1 heterocycles. The summed E-state index contributed by atoms with van der Waals surface area (Å²) in [5, 5.41) is 4.31. The SMILES string of the molecule is CCCOc1cc2nccc(Oc3ccc(Nc4ccc(C(C)(C)C)cc4)cc3)c2cc1OC. The number of pyridine rings is 1. The van der Waals surface area contributed by atoms with Crippen LogP contribution in [0.2, 0.25) is 0 Å². The molecule has 1 aromatic heterocycles. The standard InChI is InChI=1S/C29H32N2O3/c1-6-17-33-28-19-25-24(18-27(28)32-5)26(15-16-30-25)34-23-13-11-22(12-14-23)31-21-9-7-20(8-10-21)29(2,3)4/h7-16,18-19,31H,6,17H2,1-5H3. The number of rotatable bonds is 8. The van der Waals surface area contributed by atoms with E-state index in [0.29, 0.717) is 23.9 Å². The van der Waals surface area contributed by atoms with Crippen LogP contribution in [0.5, 0.6) is 23.0 Å². The van der Waals surface area contributed by atoms with Crippen molar-refractivity contribution in [2.24, 2.45) is 0 Å². The van der Waals surface area contributed by atoms with Crippen molar-refractivity contribution >= 4 is 22.3 Å². The summed E-state index contributed by atoms with van der Waals surface area (Å²) in [6, 6.07) is 22.2. The van der Waals surface area contributed by atoms with Gasteiger partial charge >= 0.3 is 0 Å². The Morgan fingerprint density at radius 3 is 2.12 bits per heavy atom. The molecule has 0 fully saturated rings. The number of nitrogens with zero attached hydrogens (tertiary/aromatic N) is 1. The Balaban J connectivity index is 1.51. The topological polar surface area (TPSA) is 52.6 Å². The van der Waals surface area contributed by atoms with Crippen LogP contribution in [0.25, 0.3) is 10.9 Å². The number of ether oxygens (including phenoxy) is 3. The van der Waals surface area contributed by atoms with E-state index in [1.165, 1.54) is 5.56 Å². The normalized spacial score (nSPS) is 11.3. The van der Waals surface area contributed by atoms with Crippen molar-refractivity contribution in [3.8, 4) is 23.0 Å². The van der Waals surface area contributed by atoms with Gasteiger partial charge in [-0.25, -0.2) is 0 Å². The number of benzene rings is 3. The molecular formula is C29H32N2O3. The van der Waals surface area contributed by atoms with Gasteiger partial charge in [0, 0.05) is 29.0 Å². The minimum Gasteiger partial charge on any atom is -0.493 e. The maximum atomic E-state index is 6.21. The minimum atomic E-state index is 0.142. The Morgan fingerprint density at radius 2 is 1.50 bits per heavy atom.